The fourth-order valence-electron chi connectivity index (χ4n) is 1.32. The van der Waals surface area contributed by atoms with E-state index in [1.807, 2.05) is 0 Å². The molecule has 0 spiro atoms. The molecule has 0 aliphatic carbocycles. The molecular formula is C11H10FN3O2. The van der Waals surface area contributed by atoms with E-state index in [1.54, 1.807) is 0 Å². The molecule has 1 aromatic rings. The Hall–Kier alpha value is -2.37. The summed E-state index contributed by atoms with van der Waals surface area (Å²) in [4.78, 5) is 15.5. The molecule has 6 heteroatoms. The van der Waals surface area contributed by atoms with E-state index < -0.39 is 5.91 Å². The minimum Gasteiger partial charge on any atom is -0.494 e. The van der Waals surface area contributed by atoms with E-state index in [4.69, 9.17) is 0 Å². The Balaban J connectivity index is 2.09. The van der Waals surface area contributed by atoms with Gasteiger partial charge in [0.05, 0.1) is 18.5 Å². The average molecular weight is 235 g/mol. The number of nitrogens with one attached hydrogen (secondary N) is 2. The number of nitrogens with zero attached hydrogens (tertiary/aromatic N) is 1. The third-order valence-electron chi connectivity index (χ3n) is 2.20. The van der Waals surface area contributed by atoms with Crippen LogP contribution in [0.1, 0.15) is 0 Å². The molecule has 0 radical (unpaired) electrons. The van der Waals surface area contributed by atoms with Gasteiger partial charge in [0.1, 0.15) is 5.82 Å². The summed E-state index contributed by atoms with van der Waals surface area (Å²) >= 11 is 0. The Morgan fingerprint density at radius 3 is 2.76 bits per heavy atom. The van der Waals surface area contributed by atoms with E-state index in [2.05, 4.69) is 15.6 Å². The van der Waals surface area contributed by atoms with Crippen LogP contribution >= 0.6 is 0 Å². The first-order valence-electron chi connectivity index (χ1n) is 4.90. The molecule has 2 rings (SSSR count). The predicted molar refractivity (Wildman–Crippen MR) is 61.2 cm³/mol. The first-order chi connectivity index (χ1) is 8.16. The van der Waals surface area contributed by atoms with Crippen LogP contribution in [0, 0.1) is 5.82 Å². The zero-order valence-electron chi connectivity index (χ0n) is 8.77. The fraction of sp³-hybridized carbons (Fsp3) is 0.0909. The monoisotopic (exact) mass is 235 g/mol. The van der Waals surface area contributed by atoms with Crippen molar-refractivity contribution in [2.75, 3.05) is 11.9 Å². The van der Waals surface area contributed by atoms with Crippen molar-refractivity contribution in [1.29, 1.82) is 0 Å². The van der Waals surface area contributed by atoms with Crippen molar-refractivity contribution in [2.24, 2.45) is 4.99 Å². The van der Waals surface area contributed by atoms with Gasteiger partial charge < -0.3 is 15.7 Å². The highest BCUT2D eigenvalue weighted by atomic mass is 19.1. The van der Waals surface area contributed by atoms with Crippen LogP contribution in [0.5, 0.6) is 0 Å². The molecule has 1 aromatic carbocycles. The number of aliphatic hydroxyl groups is 1. The number of carbonyl (C=O) groups is 1. The molecule has 1 aliphatic rings. The topological polar surface area (TPSA) is 73.7 Å². The van der Waals surface area contributed by atoms with Gasteiger partial charge in [-0.05, 0) is 24.3 Å². The Morgan fingerprint density at radius 2 is 2.12 bits per heavy atom. The van der Waals surface area contributed by atoms with Gasteiger partial charge >= 0.3 is 0 Å². The second-order valence-electron chi connectivity index (χ2n) is 3.40. The molecular weight excluding hydrogens is 225 g/mol. The lowest BCUT2D eigenvalue weighted by Crippen LogP contribution is -2.26. The summed E-state index contributed by atoms with van der Waals surface area (Å²) in [5.41, 5.74) is 0.586. The molecule has 3 N–H and O–H groups in total. The van der Waals surface area contributed by atoms with Crippen molar-refractivity contribution in [1.82, 2.24) is 5.32 Å². The molecule has 0 unspecified atom stereocenters. The Labute approximate surface area is 96.7 Å². The predicted octanol–water partition coefficient (Wildman–Crippen LogP) is 1.17. The highest BCUT2D eigenvalue weighted by molar-refractivity contribution is 6.04. The molecule has 1 aliphatic heterocycles. The number of anilines is 1. The largest absolute Gasteiger partial charge is 0.494 e. The summed E-state index contributed by atoms with van der Waals surface area (Å²) < 4.78 is 12.6. The van der Waals surface area contributed by atoms with Crippen molar-refractivity contribution in [3.05, 3.63) is 41.5 Å². The van der Waals surface area contributed by atoms with Gasteiger partial charge in [-0.1, -0.05) is 0 Å². The highest BCUT2D eigenvalue weighted by Gasteiger charge is 2.17. The molecule has 88 valence electrons. The molecule has 0 aromatic heterocycles. The minimum atomic E-state index is -0.474. The maximum atomic E-state index is 12.6. The van der Waals surface area contributed by atoms with Crippen LogP contribution in [0.25, 0.3) is 0 Å². The molecule has 0 saturated heterocycles. The van der Waals surface area contributed by atoms with E-state index in [-0.39, 0.29) is 23.8 Å². The molecule has 1 amide bonds. The van der Waals surface area contributed by atoms with Crippen LogP contribution in [0.3, 0.4) is 0 Å². The van der Waals surface area contributed by atoms with Crippen LogP contribution in [0.4, 0.5) is 10.1 Å². The second-order valence-corrected chi connectivity index (χ2v) is 3.40. The van der Waals surface area contributed by atoms with E-state index in [0.29, 0.717) is 5.69 Å². The summed E-state index contributed by atoms with van der Waals surface area (Å²) in [5.74, 6) is -1.08. The molecule has 5 nitrogen and oxygen atoms in total. The quantitative estimate of drug-likeness (QED) is 0.720. The molecule has 0 bridgehead atoms. The molecule has 1 heterocycles. The van der Waals surface area contributed by atoms with E-state index in [1.165, 1.54) is 30.6 Å². The summed E-state index contributed by atoms with van der Waals surface area (Å²) in [6.45, 7) is 0.103. The maximum Gasteiger partial charge on any atom is 0.258 e. The van der Waals surface area contributed by atoms with Gasteiger partial charge in [0.2, 0.25) is 0 Å². The van der Waals surface area contributed by atoms with Gasteiger partial charge in [-0.3, -0.25) is 9.79 Å². The van der Waals surface area contributed by atoms with Crippen LogP contribution in [-0.4, -0.2) is 23.9 Å². The lowest BCUT2D eigenvalue weighted by atomic mass is 10.2. The Morgan fingerprint density at radius 1 is 1.41 bits per heavy atom. The first kappa shape index (κ1) is 11.1. The number of hydrogen-bond donors (Lipinski definition) is 3. The van der Waals surface area contributed by atoms with Crippen molar-refractivity contribution in [2.45, 2.75) is 0 Å². The van der Waals surface area contributed by atoms with Gasteiger partial charge in [0.25, 0.3) is 5.91 Å². The van der Waals surface area contributed by atoms with Crippen molar-refractivity contribution in [3.8, 4) is 0 Å². The fourth-order valence-corrected chi connectivity index (χ4v) is 1.32. The summed E-state index contributed by atoms with van der Waals surface area (Å²) in [5, 5.41) is 14.4. The molecule has 17 heavy (non-hydrogen) atoms. The lowest BCUT2D eigenvalue weighted by molar-refractivity contribution is -0.113. The third-order valence-corrected chi connectivity index (χ3v) is 2.20. The van der Waals surface area contributed by atoms with Gasteiger partial charge in [-0.2, -0.15) is 0 Å². The minimum absolute atomic E-state index is 0.103. The normalized spacial score (nSPS) is 14.4. The van der Waals surface area contributed by atoms with Crippen molar-refractivity contribution < 1.29 is 14.3 Å². The number of aliphatic hydroxyl groups excluding tert-OH is 1. The first-order valence-corrected chi connectivity index (χ1v) is 4.90. The third kappa shape index (κ3) is 2.60. The number of amides is 1. The molecule has 0 fully saturated rings. The Kier molecular flexibility index (Phi) is 3.04. The average Bonchev–Trinajstić information content (AvgIpc) is 2.32. The van der Waals surface area contributed by atoms with E-state index in [9.17, 15) is 14.3 Å². The Bertz CT molecular complexity index is 494. The maximum absolute atomic E-state index is 12.6. The van der Waals surface area contributed by atoms with Gasteiger partial charge in [0.15, 0.2) is 5.88 Å². The van der Waals surface area contributed by atoms with E-state index >= 15 is 0 Å². The zero-order valence-corrected chi connectivity index (χ0v) is 8.77. The van der Waals surface area contributed by atoms with Crippen LogP contribution < -0.4 is 10.6 Å². The number of halogens is 1. The van der Waals surface area contributed by atoms with E-state index in [0.717, 1.165) is 0 Å². The standard InChI is InChI=1S/C11H10FN3O2/c12-7-1-3-8(4-2-7)15-11(17)9-5-13-6-14-10(9)16/h1-4,6,16H,5H2,(H,13,14)(H,15,17). The van der Waals surface area contributed by atoms with Crippen LogP contribution in [0.2, 0.25) is 0 Å². The lowest BCUT2D eigenvalue weighted by Gasteiger charge is -2.12. The number of carbonyl (C=O) groups excluding carboxylic acids is 1. The van der Waals surface area contributed by atoms with Crippen molar-refractivity contribution in [3.63, 3.8) is 0 Å². The van der Waals surface area contributed by atoms with Crippen molar-refractivity contribution >= 4 is 17.9 Å². The van der Waals surface area contributed by atoms with Crippen LogP contribution in [0.15, 0.2) is 40.7 Å². The zero-order chi connectivity index (χ0) is 12.3. The number of aliphatic imine (C=N–C) groups is 1. The number of rotatable bonds is 2. The molecule has 0 saturated carbocycles. The number of benzene rings is 1. The number of hydrogen-bond acceptors (Lipinski definition) is 4. The summed E-state index contributed by atoms with van der Waals surface area (Å²) in [7, 11) is 0. The van der Waals surface area contributed by atoms with Crippen LogP contribution in [-0.2, 0) is 4.79 Å². The van der Waals surface area contributed by atoms with Gasteiger partial charge in [-0.15, -0.1) is 0 Å². The van der Waals surface area contributed by atoms with Gasteiger partial charge in [0, 0.05) is 5.69 Å². The summed E-state index contributed by atoms with van der Waals surface area (Å²) in [6, 6.07) is 5.34. The second kappa shape index (κ2) is 4.65. The highest BCUT2D eigenvalue weighted by Crippen LogP contribution is 2.11. The van der Waals surface area contributed by atoms with Gasteiger partial charge in [-0.25, -0.2) is 4.39 Å². The summed E-state index contributed by atoms with van der Waals surface area (Å²) in [6.07, 6.45) is 1.31. The smallest absolute Gasteiger partial charge is 0.258 e. The SMILES string of the molecule is O=C(Nc1ccc(F)cc1)C1=C(O)NC=NC1. The molecule has 0 atom stereocenters.